The van der Waals surface area contributed by atoms with Crippen molar-refractivity contribution in [1.82, 2.24) is 34.3 Å². The van der Waals surface area contributed by atoms with E-state index in [2.05, 4.69) is 15.2 Å². The topological polar surface area (TPSA) is 98.4 Å². The van der Waals surface area contributed by atoms with Crippen LogP contribution in [0.2, 0.25) is 0 Å². The van der Waals surface area contributed by atoms with Crippen LogP contribution in [0.5, 0.6) is 0 Å². The molecule has 10 nitrogen and oxygen atoms in total. The van der Waals surface area contributed by atoms with Gasteiger partial charge in [-0.1, -0.05) is 0 Å². The Morgan fingerprint density at radius 3 is 2.50 bits per heavy atom. The predicted octanol–water partition coefficient (Wildman–Crippen LogP) is 3.90. The lowest BCUT2D eigenvalue weighted by atomic mass is 9.95. The Morgan fingerprint density at radius 1 is 1.11 bits per heavy atom. The molecule has 0 unspecified atom stereocenters. The highest BCUT2D eigenvalue weighted by atomic mass is 19.1. The Morgan fingerprint density at radius 2 is 1.82 bits per heavy atom. The highest BCUT2D eigenvalue weighted by Gasteiger charge is 2.37. The SMILES string of the molecule is C[C@H]1c2nn(C)c(-c3cc(F)cc(F)c3)c2CCN1C(=O)c1ncnn1[C@H]1CCN(C(=O)OC(C)(C)C)C1. The average molecular weight is 528 g/mol. The number of carbonyl (C=O) groups excluding carboxylic acids is 2. The first-order valence-corrected chi connectivity index (χ1v) is 12.6. The van der Waals surface area contributed by atoms with Gasteiger partial charge < -0.3 is 14.5 Å². The minimum Gasteiger partial charge on any atom is -0.444 e. The van der Waals surface area contributed by atoms with Crippen LogP contribution in [0.3, 0.4) is 0 Å². The maximum absolute atomic E-state index is 13.9. The Bertz CT molecular complexity index is 1370. The number of ether oxygens (including phenoxy) is 1. The number of fused-ring (bicyclic) bond motifs is 1. The molecule has 5 rings (SSSR count). The number of likely N-dealkylation sites (tertiary alicyclic amines) is 1. The zero-order valence-electron chi connectivity index (χ0n) is 22.1. The molecule has 2 atom stereocenters. The van der Waals surface area contributed by atoms with Crippen molar-refractivity contribution in [3.8, 4) is 11.3 Å². The smallest absolute Gasteiger partial charge is 0.410 e. The standard InChI is InChI=1S/C26H31F2N7O3/c1-15-21-20(22(32(5)31-21)16-10-17(27)12-18(28)11-16)7-9-34(15)24(36)23-29-14-30-35(23)19-6-8-33(13-19)25(37)38-26(2,3)4/h10-12,14-15,19H,6-9,13H2,1-5H3/t15-,19-/m0/s1. The molecule has 0 saturated carbocycles. The molecule has 1 aromatic carbocycles. The van der Waals surface area contributed by atoms with E-state index in [4.69, 9.17) is 4.74 Å². The molecule has 3 aromatic rings. The summed E-state index contributed by atoms with van der Waals surface area (Å²) in [5, 5.41) is 8.93. The second-order valence-electron chi connectivity index (χ2n) is 10.8. The molecule has 2 aliphatic rings. The minimum absolute atomic E-state index is 0.194. The third-order valence-corrected chi connectivity index (χ3v) is 6.96. The zero-order valence-corrected chi connectivity index (χ0v) is 22.1. The summed E-state index contributed by atoms with van der Waals surface area (Å²) in [7, 11) is 1.72. The Balaban J connectivity index is 1.36. The molecule has 0 radical (unpaired) electrons. The molecule has 38 heavy (non-hydrogen) atoms. The van der Waals surface area contributed by atoms with Crippen LogP contribution in [0.1, 0.15) is 68.1 Å². The average Bonchev–Trinajstić information content (AvgIpc) is 3.55. The van der Waals surface area contributed by atoms with Crippen molar-refractivity contribution in [3.05, 3.63) is 53.2 Å². The Hall–Kier alpha value is -3.83. The van der Waals surface area contributed by atoms with Gasteiger partial charge in [-0.25, -0.2) is 23.2 Å². The van der Waals surface area contributed by atoms with Gasteiger partial charge in [0.15, 0.2) is 0 Å². The van der Waals surface area contributed by atoms with Crippen LogP contribution < -0.4 is 0 Å². The summed E-state index contributed by atoms with van der Waals surface area (Å²) >= 11 is 0. The lowest BCUT2D eigenvalue weighted by molar-refractivity contribution is 0.0288. The number of amides is 2. The van der Waals surface area contributed by atoms with E-state index in [0.29, 0.717) is 49.4 Å². The number of halogens is 2. The van der Waals surface area contributed by atoms with E-state index < -0.39 is 29.4 Å². The Kier molecular flexibility index (Phi) is 6.44. The summed E-state index contributed by atoms with van der Waals surface area (Å²) in [6, 6.07) is 2.81. The van der Waals surface area contributed by atoms with Gasteiger partial charge in [-0.05, 0) is 52.7 Å². The maximum atomic E-state index is 13.9. The number of benzene rings is 1. The van der Waals surface area contributed by atoms with Crippen molar-refractivity contribution in [2.75, 3.05) is 19.6 Å². The van der Waals surface area contributed by atoms with Gasteiger partial charge in [-0.2, -0.15) is 10.2 Å². The van der Waals surface area contributed by atoms with Gasteiger partial charge in [0.05, 0.1) is 23.5 Å². The van der Waals surface area contributed by atoms with Crippen LogP contribution in [0.25, 0.3) is 11.3 Å². The molecular formula is C26H31F2N7O3. The second-order valence-corrected chi connectivity index (χ2v) is 10.8. The second kappa shape index (κ2) is 9.48. The zero-order chi connectivity index (χ0) is 27.4. The van der Waals surface area contributed by atoms with E-state index >= 15 is 0 Å². The number of nitrogens with zero attached hydrogens (tertiary/aromatic N) is 7. The fourth-order valence-corrected chi connectivity index (χ4v) is 5.31. The van der Waals surface area contributed by atoms with Crippen molar-refractivity contribution < 1.29 is 23.1 Å². The maximum Gasteiger partial charge on any atom is 0.410 e. The molecule has 0 bridgehead atoms. The number of aromatic nitrogens is 5. The van der Waals surface area contributed by atoms with Crippen LogP contribution in [0.15, 0.2) is 24.5 Å². The van der Waals surface area contributed by atoms with Gasteiger partial charge >= 0.3 is 6.09 Å². The summed E-state index contributed by atoms with van der Waals surface area (Å²) in [6.45, 7) is 8.57. The molecular weight excluding hydrogens is 496 g/mol. The summed E-state index contributed by atoms with van der Waals surface area (Å²) in [4.78, 5) is 33.7. The van der Waals surface area contributed by atoms with Crippen molar-refractivity contribution >= 4 is 12.0 Å². The molecule has 1 saturated heterocycles. The van der Waals surface area contributed by atoms with Gasteiger partial charge in [0.2, 0.25) is 5.82 Å². The number of hydrogen-bond donors (Lipinski definition) is 0. The van der Waals surface area contributed by atoms with E-state index in [0.717, 1.165) is 11.6 Å². The first kappa shape index (κ1) is 25.8. The number of carbonyl (C=O) groups is 2. The fourth-order valence-electron chi connectivity index (χ4n) is 5.31. The predicted molar refractivity (Wildman–Crippen MR) is 133 cm³/mol. The fraction of sp³-hybridized carbons (Fsp3) is 0.500. The van der Waals surface area contributed by atoms with Gasteiger partial charge in [0.1, 0.15) is 23.6 Å². The summed E-state index contributed by atoms with van der Waals surface area (Å²) in [5.74, 6) is -1.42. The highest BCUT2D eigenvalue weighted by Crippen LogP contribution is 2.36. The van der Waals surface area contributed by atoms with Crippen molar-refractivity contribution in [3.63, 3.8) is 0 Å². The number of aryl methyl sites for hydroxylation is 1. The van der Waals surface area contributed by atoms with Crippen LogP contribution in [0, 0.1) is 11.6 Å². The van der Waals surface area contributed by atoms with Gasteiger partial charge in [-0.15, -0.1) is 0 Å². The van der Waals surface area contributed by atoms with Crippen LogP contribution >= 0.6 is 0 Å². The van der Waals surface area contributed by atoms with Crippen molar-refractivity contribution in [2.24, 2.45) is 7.05 Å². The molecule has 4 heterocycles. The van der Waals surface area contributed by atoms with Gasteiger partial charge in [0, 0.05) is 43.9 Å². The summed E-state index contributed by atoms with van der Waals surface area (Å²) in [6.07, 6.45) is 2.04. The van der Waals surface area contributed by atoms with Gasteiger partial charge in [-0.3, -0.25) is 9.48 Å². The highest BCUT2D eigenvalue weighted by molar-refractivity contribution is 5.91. The molecule has 2 aromatic heterocycles. The van der Waals surface area contributed by atoms with Crippen LogP contribution in [0.4, 0.5) is 13.6 Å². The molecule has 2 amide bonds. The third kappa shape index (κ3) is 4.74. The molecule has 202 valence electrons. The summed E-state index contributed by atoms with van der Waals surface area (Å²) < 4.78 is 36.5. The molecule has 2 aliphatic heterocycles. The van der Waals surface area contributed by atoms with E-state index in [1.807, 2.05) is 27.7 Å². The van der Waals surface area contributed by atoms with Crippen molar-refractivity contribution in [2.45, 2.75) is 58.2 Å². The molecule has 0 N–H and O–H groups in total. The quantitative estimate of drug-likeness (QED) is 0.513. The molecule has 1 fully saturated rings. The largest absolute Gasteiger partial charge is 0.444 e. The van der Waals surface area contributed by atoms with E-state index in [9.17, 15) is 18.4 Å². The monoisotopic (exact) mass is 527 g/mol. The molecule has 0 aliphatic carbocycles. The molecule has 12 heteroatoms. The Labute approximate surface area is 219 Å². The van der Waals surface area contributed by atoms with Crippen LogP contribution in [-0.2, 0) is 18.2 Å². The van der Waals surface area contributed by atoms with E-state index in [1.165, 1.54) is 18.5 Å². The van der Waals surface area contributed by atoms with E-state index in [1.54, 1.807) is 26.2 Å². The normalized spacial score (nSPS) is 19.6. The number of rotatable bonds is 3. The molecule has 0 spiro atoms. The lowest BCUT2D eigenvalue weighted by Crippen LogP contribution is -2.40. The first-order valence-electron chi connectivity index (χ1n) is 12.6. The lowest BCUT2D eigenvalue weighted by Gasteiger charge is -2.32. The third-order valence-electron chi connectivity index (χ3n) is 6.96. The first-order chi connectivity index (χ1) is 17.9. The van der Waals surface area contributed by atoms with E-state index in [-0.39, 0.29) is 17.8 Å². The van der Waals surface area contributed by atoms with Crippen molar-refractivity contribution in [1.29, 1.82) is 0 Å². The minimum atomic E-state index is -0.660. The van der Waals surface area contributed by atoms with Gasteiger partial charge in [0.25, 0.3) is 5.91 Å². The van der Waals surface area contributed by atoms with Crippen LogP contribution in [-0.4, -0.2) is 71.6 Å². The number of hydrogen-bond acceptors (Lipinski definition) is 6. The summed E-state index contributed by atoms with van der Waals surface area (Å²) in [5.41, 5.74) is 1.98.